The van der Waals surface area contributed by atoms with Gasteiger partial charge in [-0.1, -0.05) is 30.3 Å². The SMILES string of the molecule is Cc1cc(=O)nc2c3ccccc3n([C@@H](C)C(=O)NCc3ccccc3F)n12. The Balaban J connectivity index is 1.76. The lowest BCUT2D eigenvalue weighted by Gasteiger charge is -2.18. The highest BCUT2D eigenvalue weighted by Crippen LogP contribution is 2.25. The summed E-state index contributed by atoms with van der Waals surface area (Å²) < 4.78 is 17.4. The maximum Gasteiger partial charge on any atom is 0.273 e. The normalized spacial score (nSPS) is 12.4. The van der Waals surface area contributed by atoms with Gasteiger partial charge < -0.3 is 5.32 Å². The third-order valence-corrected chi connectivity index (χ3v) is 4.85. The molecular weight excluding hydrogens is 359 g/mol. The highest BCUT2D eigenvalue weighted by atomic mass is 19.1. The molecule has 0 spiro atoms. The Kier molecular flexibility index (Phi) is 4.43. The minimum absolute atomic E-state index is 0.0968. The van der Waals surface area contributed by atoms with Crippen molar-refractivity contribution in [3.05, 3.63) is 82.0 Å². The fourth-order valence-electron chi connectivity index (χ4n) is 3.47. The summed E-state index contributed by atoms with van der Waals surface area (Å²) in [4.78, 5) is 28.9. The van der Waals surface area contributed by atoms with E-state index in [1.165, 1.54) is 12.1 Å². The standard InChI is InChI=1S/C21H19FN4O2/c1-13-11-19(27)24-20-16-8-4-6-10-18(16)26(25(13)20)14(2)21(28)23-12-15-7-3-5-9-17(15)22/h3-11,14H,12H2,1-2H3,(H,23,28)/t14-/m0/s1. The molecule has 2 aromatic heterocycles. The topological polar surface area (TPSA) is 68.4 Å². The van der Waals surface area contributed by atoms with Crippen LogP contribution in [-0.4, -0.2) is 20.1 Å². The van der Waals surface area contributed by atoms with E-state index in [0.717, 1.165) is 10.9 Å². The number of carbonyl (C=O) groups excluding carboxylic acids is 1. The number of fused-ring (bicyclic) bond motifs is 3. The van der Waals surface area contributed by atoms with E-state index in [9.17, 15) is 14.0 Å². The van der Waals surface area contributed by atoms with Gasteiger partial charge in [-0.05, 0) is 32.0 Å². The van der Waals surface area contributed by atoms with Crippen LogP contribution >= 0.6 is 0 Å². The van der Waals surface area contributed by atoms with Crippen molar-refractivity contribution in [3.63, 3.8) is 0 Å². The second kappa shape index (κ2) is 6.92. The number of nitrogens with zero attached hydrogens (tertiary/aromatic N) is 3. The third-order valence-electron chi connectivity index (χ3n) is 4.85. The van der Waals surface area contributed by atoms with Crippen LogP contribution in [0.1, 0.15) is 24.2 Å². The van der Waals surface area contributed by atoms with Crippen LogP contribution < -0.4 is 10.9 Å². The second-order valence-corrected chi connectivity index (χ2v) is 6.72. The van der Waals surface area contributed by atoms with Crippen molar-refractivity contribution in [3.8, 4) is 0 Å². The van der Waals surface area contributed by atoms with Gasteiger partial charge in [0.05, 0.1) is 5.52 Å². The molecule has 142 valence electrons. The van der Waals surface area contributed by atoms with Crippen LogP contribution in [0.4, 0.5) is 4.39 Å². The van der Waals surface area contributed by atoms with Crippen LogP contribution in [0.3, 0.4) is 0 Å². The maximum absolute atomic E-state index is 13.8. The summed E-state index contributed by atoms with van der Waals surface area (Å²) in [6.45, 7) is 3.66. The summed E-state index contributed by atoms with van der Waals surface area (Å²) in [5, 5.41) is 3.58. The molecule has 2 aromatic carbocycles. The number of hydrogen-bond acceptors (Lipinski definition) is 3. The van der Waals surface area contributed by atoms with E-state index in [1.807, 2.05) is 28.9 Å². The van der Waals surface area contributed by atoms with Crippen LogP contribution in [0.5, 0.6) is 0 Å². The number of aryl methyl sites for hydroxylation is 1. The Labute approximate surface area is 160 Å². The Bertz CT molecular complexity index is 1260. The van der Waals surface area contributed by atoms with Gasteiger partial charge in [0, 0.05) is 29.3 Å². The summed E-state index contributed by atoms with van der Waals surface area (Å²) in [7, 11) is 0. The van der Waals surface area contributed by atoms with E-state index in [2.05, 4.69) is 10.3 Å². The van der Waals surface area contributed by atoms with E-state index in [0.29, 0.717) is 16.9 Å². The molecule has 0 aliphatic carbocycles. The van der Waals surface area contributed by atoms with Crippen LogP contribution in [0.2, 0.25) is 0 Å². The molecule has 6 nitrogen and oxygen atoms in total. The van der Waals surface area contributed by atoms with E-state index in [-0.39, 0.29) is 23.8 Å². The predicted octanol–water partition coefficient (Wildman–Crippen LogP) is 2.97. The zero-order valence-electron chi connectivity index (χ0n) is 15.5. The molecule has 28 heavy (non-hydrogen) atoms. The van der Waals surface area contributed by atoms with E-state index < -0.39 is 6.04 Å². The second-order valence-electron chi connectivity index (χ2n) is 6.72. The number of rotatable bonds is 4. The number of benzene rings is 2. The van der Waals surface area contributed by atoms with Crippen molar-refractivity contribution >= 4 is 22.5 Å². The van der Waals surface area contributed by atoms with Crippen molar-refractivity contribution < 1.29 is 9.18 Å². The zero-order valence-corrected chi connectivity index (χ0v) is 15.5. The monoisotopic (exact) mass is 378 g/mol. The summed E-state index contributed by atoms with van der Waals surface area (Å²) in [6.07, 6.45) is 0. The lowest BCUT2D eigenvalue weighted by molar-refractivity contribution is -0.124. The first kappa shape index (κ1) is 17.9. The molecule has 7 heteroatoms. The van der Waals surface area contributed by atoms with Gasteiger partial charge in [0.1, 0.15) is 11.9 Å². The van der Waals surface area contributed by atoms with Crippen molar-refractivity contribution in [1.29, 1.82) is 0 Å². The Morgan fingerprint density at radius 1 is 1.18 bits per heavy atom. The summed E-state index contributed by atoms with van der Waals surface area (Å²) in [6, 6.07) is 14.7. The predicted molar refractivity (Wildman–Crippen MR) is 105 cm³/mol. The van der Waals surface area contributed by atoms with Crippen molar-refractivity contribution in [2.24, 2.45) is 0 Å². The average molecular weight is 378 g/mol. The smallest absolute Gasteiger partial charge is 0.273 e. The van der Waals surface area contributed by atoms with Gasteiger partial charge in [0.25, 0.3) is 5.56 Å². The van der Waals surface area contributed by atoms with Gasteiger partial charge in [-0.3, -0.25) is 14.3 Å². The highest BCUT2D eigenvalue weighted by molar-refractivity contribution is 5.94. The highest BCUT2D eigenvalue weighted by Gasteiger charge is 2.22. The first-order valence-electron chi connectivity index (χ1n) is 8.98. The lowest BCUT2D eigenvalue weighted by atomic mass is 10.2. The molecule has 0 aliphatic rings. The minimum Gasteiger partial charge on any atom is -0.350 e. The summed E-state index contributed by atoms with van der Waals surface area (Å²) >= 11 is 0. The summed E-state index contributed by atoms with van der Waals surface area (Å²) in [5.74, 6) is -0.617. The molecule has 1 atom stereocenters. The van der Waals surface area contributed by atoms with Crippen LogP contribution in [0.15, 0.2) is 59.4 Å². The molecule has 0 fully saturated rings. The van der Waals surface area contributed by atoms with Gasteiger partial charge in [0.2, 0.25) is 5.91 Å². The minimum atomic E-state index is -0.600. The molecule has 2 heterocycles. The molecule has 0 radical (unpaired) electrons. The van der Waals surface area contributed by atoms with Crippen LogP contribution in [-0.2, 0) is 11.3 Å². The number of hydrogen-bond donors (Lipinski definition) is 1. The number of halogens is 1. The molecule has 0 saturated heterocycles. The maximum atomic E-state index is 13.8. The molecule has 1 amide bonds. The first-order chi connectivity index (χ1) is 13.5. The van der Waals surface area contributed by atoms with Gasteiger partial charge in [-0.15, -0.1) is 0 Å². The third kappa shape index (κ3) is 2.94. The Morgan fingerprint density at radius 2 is 1.89 bits per heavy atom. The molecule has 0 saturated carbocycles. The number of para-hydroxylation sites is 1. The molecular formula is C21H19FN4O2. The zero-order chi connectivity index (χ0) is 19.8. The molecule has 0 aliphatic heterocycles. The first-order valence-corrected chi connectivity index (χ1v) is 8.98. The van der Waals surface area contributed by atoms with E-state index in [4.69, 9.17) is 0 Å². The van der Waals surface area contributed by atoms with Crippen molar-refractivity contribution in [1.82, 2.24) is 19.5 Å². The molecule has 4 aromatic rings. The number of amides is 1. The summed E-state index contributed by atoms with van der Waals surface area (Å²) in [5.41, 5.74) is 2.08. The number of aromatic nitrogens is 3. The van der Waals surface area contributed by atoms with Gasteiger partial charge >= 0.3 is 0 Å². The molecule has 1 N–H and O–H groups in total. The largest absolute Gasteiger partial charge is 0.350 e. The van der Waals surface area contributed by atoms with Crippen molar-refractivity contribution in [2.45, 2.75) is 26.4 Å². The number of nitrogens with one attached hydrogen (secondary N) is 1. The Morgan fingerprint density at radius 3 is 2.68 bits per heavy atom. The Hall–Kier alpha value is -3.48. The lowest BCUT2D eigenvalue weighted by Crippen LogP contribution is -2.32. The fraction of sp³-hybridized carbons (Fsp3) is 0.190. The average Bonchev–Trinajstić information content (AvgIpc) is 3.01. The van der Waals surface area contributed by atoms with Gasteiger partial charge in [0.15, 0.2) is 5.65 Å². The van der Waals surface area contributed by atoms with Gasteiger partial charge in [-0.25, -0.2) is 8.91 Å². The quantitative estimate of drug-likeness (QED) is 0.594. The van der Waals surface area contributed by atoms with Crippen LogP contribution in [0, 0.1) is 12.7 Å². The molecule has 0 unspecified atom stereocenters. The fourth-order valence-corrected chi connectivity index (χ4v) is 3.47. The van der Waals surface area contributed by atoms with Crippen molar-refractivity contribution in [2.75, 3.05) is 0 Å². The van der Waals surface area contributed by atoms with Gasteiger partial charge in [-0.2, -0.15) is 4.98 Å². The van der Waals surface area contributed by atoms with E-state index >= 15 is 0 Å². The molecule has 4 rings (SSSR count). The van der Waals surface area contributed by atoms with E-state index in [1.54, 1.807) is 36.6 Å². The molecule has 0 bridgehead atoms. The van der Waals surface area contributed by atoms with Crippen LogP contribution in [0.25, 0.3) is 16.6 Å². The number of carbonyl (C=O) groups is 1.